The van der Waals surface area contributed by atoms with E-state index in [1.54, 1.807) is 0 Å². The average Bonchev–Trinajstić information content (AvgIpc) is 2.25. The third-order valence-electron chi connectivity index (χ3n) is 2.74. The van der Waals surface area contributed by atoms with Crippen molar-refractivity contribution >= 4 is 0 Å². The summed E-state index contributed by atoms with van der Waals surface area (Å²) in [6, 6.07) is 0.668. The first kappa shape index (κ1) is 11.0. The highest BCUT2D eigenvalue weighted by molar-refractivity contribution is 4.76. The van der Waals surface area contributed by atoms with Crippen molar-refractivity contribution in [1.82, 2.24) is 10.2 Å². The summed E-state index contributed by atoms with van der Waals surface area (Å²) in [5, 5.41) is 3.56. The number of hydrogen-bond donors (Lipinski definition) is 1. The quantitative estimate of drug-likeness (QED) is 0.718. The molecular weight excluding hydrogens is 160 g/mol. The van der Waals surface area contributed by atoms with Crippen LogP contribution in [0.4, 0.5) is 0 Å². The highest BCUT2D eigenvalue weighted by Gasteiger charge is 2.17. The van der Waals surface area contributed by atoms with E-state index in [2.05, 4.69) is 31.0 Å². The molecule has 2 unspecified atom stereocenters. The fraction of sp³-hybridized carbons (Fsp3) is 1.00. The Hall–Kier alpha value is -0.0800. The number of unbranched alkanes of at least 4 members (excludes halogenated alkanes) is 1. The zero-order valence-electron chi connectivity index (χ0n) is 9.34. The normalized spacial score (nSPS) is 31.6. The van der Waals surface area contributed by atoms with Crippen molar-refractivity contribution in [3.8, 4) is 0 Å². The number of rotatable bonds is 3. The van der Waals surface area contributed by atoms with E-state index in [4.69, 9.17) is 0 Å². The lowest BCUT2D eigenvalue weighted by atomic mass is 10.1. The molecule has 1 rings (SSSR count). The van der Waals surface area contributed by atoms with Crippen LogP contribution in [-0.4, -0.2) is 37.1 Å². The monoisotopic (exact) mass is 184 g/mol. The molecule has 1 aliphatic heterocycles. The van der Waals surface area contributed by atoms with Crippen LogP contribution in [0.3, 0.4) is 0 Å². The molecule has 2 nitrogen and oxygen atoms in total. The van der Waals surface area contributed by atoms with Gasteiger partial charge in [0.25, 0.3) is 0 Å². The predicted molar refractivity (Wildman–Crippen MR) is 58.0 cm³/mol. The summed E-state index contributed by atoms with van der Waals surface area (Å²) in [5.41, 5.74) is 0. The standard InChI is InChI=1S/C11H24N2/c1-4-5-6-13-8-10(2)7-12-11(3)9-13/h10-12H,4-9H2,1-3H3. The Morgan fingerprint density at radius 1 is 1.31 bits per heavy atom. The van der Waals surface area contributed by atoms with Crippen molar-refractivity contribution in [3.63, 3.8) is 0 Å². The van der Waals surface area contributed by atoms with Gasteiger partial charge >= 0.3 is 0 Å². The smallest absolute Gasteiger partial charge is 0.0166 e. The molecule has 0 spiro atoms. The maximum atomic E-state index is 3.56. The average molecular weight is 184 g/mol. The first-order chi connectivity index (χ1) is 6.22. The number of hydrogen-bond acceptors (Lipinski definition) is 2. The Morgan fingerprint density at radius 3 is 2.77 bits per heavy atom. The lowest BCUT2D eigenvalue weighted by molar-refractivity contribution is 0.248. The van der Waals surface area contributed by atoms with E-state index in [0.717, 1.165) is 5.92 Å². The summed E-state index contributed by atoms with van der Waals surface area (Å²) >= 11 is 0. The molecule has 0 aromatic rings. The fourth-order valence-electron chi connectivity index (χ4n) is 2.00. The van der Waals surface area contributed by atoms with Crippen molar-refractivity contribution in [2.24, 2.45) is 5.92 Å². The second-order valence-corrected chi connectivity index (χ2v) is 4.53. The SMILES string of the molecule is CCCCN1CC(C)CNC(C)C1. The van der Waals surface area contributed by atoms with E-state index in [1.165, 1.54) is 39.0 Å². The van der Waals surface area contributed by atoms with Crippen molar-refractivity contribution in [3.05, 3.63) is 0 Å². The summed E-state index contributed by atoms with van der Waals surface area (Å²) in [7, 11) is 0. The van der Waals surface area contributed by atoms with Gasteiger partial charge in [-0.05, 0) is 32.4 Å². The molecule has 1 heterocycles. The van der Waals surface area contributed by atoms with Gasteiger partial charge in [0.15, 0.2) is 0 Å². The Morgan fingerprint density at radius 2 is 2.08 bits per heavy atom. The van der Waals surface area contributed by atoms with Crippen LogP contribution in [0, 0.1) is 5.92 Å². The third-order valence-corrected chi connectivity index (χ3v) is 2.74. The minimum absolute atomic E-state index is 0.668. The number of nitrogens with one attached hydrogen (secondary N) is 1. The zero-order chi connectivity index (χ0) is 9.68. The molecule has 13 heavy (non-hydrogen) atoms. The van der Waals surface area contributed by atoms with Gasteiger partial charge in [-0.25, -0.2) is 0 Å². The molecule has 0 aromatic carbocycles. The van der Waals surface area contributed by atoms with Crippen molar-refractivity contribution in [2.75, 3.05) is 26.2 Å². The molecule has 2 atom stereocenters. The molecule has 0 radical (unpaired) electrons. The highest BCUT2D eigenvalue weighted by Crippen LogP contribution is 2.06. The van der Waals surface area contributed by atoms with Crippen LogP contribution in [0.25, 0.3) is 0 Å². The van der Waals surface area contributed by atoms with Crippen molar-refractivity contribution in [1.29, 1.82) is 0 Å². The van der Waals surface area contributed by atoms with E-state index < -0.39 is 0 Å². The number of nitrogens with zero attached hydrogens (tertiary/aromatic N) is 1. The van der Waals surface area contributed by atoms with Crippen LogP contribution in [-0.2, 0) is 0 Å². The molecule has 1 N–H and O–H groups in total. The molecular formula is C11H24N2. The van der Waals surface area contributed by atoms with Crippen molar-refractivity contribution < 1.29 is 0 Å². The lowest BCUT2D eigenvalue weighted by Gasteiger charge is -2.23. The lowest BCUT2D eigenvalue weighted by Crippen LogP contribution is -2.35. The molecule has 1 fully saturated rings. The molecule has 0 aliphatic carbocycles. The second-order valence-electron chi connectivity index (χ2n) is 4.53. The minimum atomic E-state index is 0.668. The summed E-state index contributed by atoms with van der Waals surface area (Å²) in [4.78, 5) is 2.61. The van der Waals surface area contributed by atoms with E-state index in [1.807, 2.05) is 0 Å². The van der Waals surface area contributed by atoms with E-state index in [0.29, 0.717) is 6.04 Å². The summed E-state index contributed by atoms with van der Waals surface area (Å²) in [6.45, 7) is 11.9. The molecule has 0 aromatic heterocycles. The highest BCUT2D eigenvalue weighted by atomic mass is 15.2. The molecule has 78 valence electrons. The van der Waals surface area contributed by atoms with E-state index in [9.17, 15) is 0 Å². The van der Waals surface area contributed by atoms with Gasteiger partial charge in [0.1, 0.15) is 0 Å². The van der Waals surface area contributed by atoms with Gasteiger partial charge in [-0.15, -0.1) is 0 Å². The van der Waals surface area contributed by atoms with E-state index in [-0.39, 0.29) is 0 Å². The Kier molecular flexibility index (Phi) is 4.74. The van der Waals surface area contributed by atoms with Gasteiger partial charge in [0.2, 0.25) is 0 Å². The largest absolute Gasteiger partial charge is 0.313 e. The molecule has 2 heteroatoms. The maximum absolute atomic E-state index is 3.56. The van der Waals surface area contributed by atoms with Gasteiger partial charge in [-0.1, -0.05) is 20.3 Å². The minimum Gasteiger partial charge on any atom is -0.313 e. The van der Waals surface area contributed by atoms with Crippen LogP contribution in [0.15, 0.2) is 0 Å². The Balaban J connectivity index is 2.32. The summed E-state index contributed by atoms with van der Waals surface area (Å²) in [5.74, 6) is 0.807. The Bertz CT molecular complexity index is 124. The van der Waals surface area contributed by atoms with Crippen LogP contribution < -0.4 is 5.32 Å². The topological polar surface area (TPSA) is 15.3 Å². The van der Waals surface area contributed by atoms with Gasteiger partial charge in [-0.2, -0.15) is 0 Å². The second kappa shape index (κ2) is 5.61. The zero-order valence-corrected chi connectivity index (χ0v) is 9.34. The molecule has 1 aliphatic rings. The van der Waals surface area contributed by atoms with Crippen LogP contribution in [0.1, 0.15) is 33.6 Å². The van der Waals surface area contributed by atoms with Gasteiger partial charge in [-0.3, -0.25) is 0 Å². The van der Waals surface area contributed by atoms with Gasteiger partial charge in [0, 0.05) is 19.1 Å². The molecule has 0 saturated carbocycles. The van der Waals surface area contributed by atoms with Crippen molar-refractivity contribution in [2.45, 2.75) is 39.7 Å². The van der Waals surface area contributed by atoms with Crippen LogP contribution >= 0.6 is 0 Å². The summed E-state index contributed by atoms with van der Waals surface area (Å²) < 4.78 is 0. The first-order valence-corrected chi connectivity index (χ1v) is 5.68. The molecule has 0 bridgehead atoms. The van der Waals surface area contributed by atoms with Crippen LogP contribution in [0.2, 0.25) is 0 Å². The predicted octanol–water partition coefficient (Wildman–Crippen LogP) is 1.72. The van der Waals surface area contributed by atoms with Gasteiger partial charge < -0.3 is 10.2 Å². The van der Waals surface area contributed by atoms with Gasteiger partial charge in [0.05, 0.1) is 0 Å². The maximum Gasteiger partial charge on any atom is 0.0166 e. The molecule has 0 amide bonds. The van der Waals surface area contributed by atoms with Crippen LogP contribution in [0.5, 0.6) is 0 Å². The molecule has 1 saturated heterocycles. The first-order valence-electron chi connectivity index (χ1n) is 5.68. The Labute approximate surface area is 82.7 Å². The van der Waals surface area contributed by atoms with E-state index >= 15 is 0 Å². The third kappa shape index (κ3) is 4.10. The fourth-order valence-corrected chi connectivity index (χ4v) is 2.00. The summed E-state index contributed by atoms with van der Waals surface area (Å²) in [6.07, 6.45) is 2.66.